The van der Waals surface area contributed by atoms with E-state index in [1.54, 1.807) is 12.1 Å². The first kappa shape index (κ1) is 15.9. The maximum absolute atomic E-state index is 11.9. The molecule has 0 spiro atoms. The lowest BCUT2D eigenvalue weighted by molar-refractivity contribution is 0.0697. The van der Waals surface area contributed by atoms with Gasteiger partial charge in [-0.1, -0.05) is 34.1 Å². The molecule has 7 nitrogen and oxygen atoms in total. The number of hydrogen-bond donors (Lipinski definition) is 3. The highest BCUT2D eigenvalue weighted by atomic mass is 79.9. The van der Waals surface area contributed by atoms with Crippen LogP contribution in [-0.2, 0) is 0 Å². The van der Waals surface area contributed by atoms with Gasteiger partial charge in [0.2, 0.25) is 0 Å². The van der Waals surface area contributed by atoms with Crippen LogP contribution in [0.2, 0.25) is 0 Å². The summed E-state index contributed by atoms with van der Waals surface area (Å²) >= 11 is 3.35. The molecule has 1 aromatic heterocycles. The average Bonchev–Trinajstić information content (AvgIpc) is 2.95. The van der Waals surface area contributed by atoms with Gasteiger partial charge in [0.05, 0.1) is 16.9 Å². The Balaban J connectivity index is 1.97. The quantitative estimate of drug-likeness (QED) is 0.582. The minimum atomic E-state index is -1.05. The third kappa shape index (κ3) is 3.33. The molecule has 3 aromatic rings. The molecule has 3 N–H and O–H groups in total. The molecule has 0 bridgehead atoms. The van der Waals surface area contributed by atoms with Crippen LogP contribution in [0, 0.1) is 0 Å². The van der Waals surface area contributed by atoms with Gasteiger partial charge in [0.1, 0.15) is 0 Å². The number of carboxylic acids is 1. The molecule has 24 heavy (non-hydrogen) atoms. The van der Waals surface area contributed by atoms with Crippen LogP contribution in [0.1, 0.15) is 10.4 Å². The van der Waals surface area contributed by atoms with Crippen LogP contribution in [0.3, 0.4) is 0 Å². The molecule has 0 radical (unpaired) electrons. The van der Waals surface area contributed by atoms with E-state index in [0.29, 0.717) is 11.4 Å². The molecule has 120 valence electrons. The predicted molar refractivity (Wildman–Crippen MR) is 92.1 cm³/mol. The molecule has 2 aromatic carbocycles. The summed E-state index contributed by atoms with van der Waals surface area (Å²) in [5.74, 6) is -1.05. The predicted octanol–water partition coefficient (Wildman–Crippen LogP) is 4.25. The first-order chi connectivity index (χ1) is 11.5. The minimum Gasteiger partial charge on any atom is -0.478 e. The number of carboxylic acid groups (broad SMARTS) is 1. The maximum Gasteiger partial charge on any atom is 0.335 e. The van der Waals surface area contributed by atoms with Crippen LogP contribution in [0.25, 0.3) is 11.3 Å². The topological polar surface area (TPSA) is 111 Å². The van der Waals surface area contributed by atoms with E-state index in [1.165, 1.54) is 12.1 Å². The monoisotopic (exact) mass is 386 g/mol. The zero-order valence-corrected chi connectivity index (χ0v) is 13.7. The van der Waals surface area contributed by atoms with Crippen molar-refractivity contribution in [3.63, 3.8) is 0 Å². The first-order valence-electron chi connectivity index (χ1n) is 6.86. The van der Waals surface area contributed by atoms with E-state index in [2.05, 4.69) is 36.4 Å². The normalized spacial score (nSPS) is 11.0. The summed E-state index contributed by atoms with van der Waals surface area (Å²) in [5.41, 5.74) is 1.43. The summed E-state index contributed by atoms with van der Waals surface area (Å²) in [4.78, 5) is 22.9. The van der Waals surface area contributed by atoms with Crippen LogP contribution in [0.5, 0.6) is 0 Å². The van der Waals surface area contributed by atoms with Gasteiger partial charge >= 0.3 is 5.97 Å². The number of azo groups is 1. The Labute approximate surface area is 144 Å². The van der Waals surface area contributed by atoms with Gasteiger partial charge in [0.25, 0.3) is 5.56 Å². The Kier molecular flexibility index (Phi) is 4.39. The molecular weight excluding hydrogens is 376 g/mol. The highest BCUT2D eigenvalue weighted by Crippen LogP contribution is 2.27. The summed E-state index contributed by atoms with van der Waals surface area (Å²) < 4.78 is 0.915. The number of carbonyl (C=O) groups is 1. The number of nitrogens with zero attached hydrogens (tertiary/aromatic N) is 2. The molecular formula is C16H11BrN4O3. The van der Waals surface area contributed by atoms with E-state index >= 15 is 0 Å². The summed E-state index contributed by atoms with van der Waals surface area (Å²) in [7, 11) is 0. The second-order valence-electron chi connectivity index (χ2n) is 4.87. The molecule has 0 aliphatic heterocycles. The highest BCUT2D eigenvalue weighted by molar-refractivity contribution is 9.10. The molecule has 0 saturated heterocycles. The molecule has 8 heteroatoms. The molecule has 3 rings (SSSR count). The van der Waals surface area contributed by atoms with Crippen LogP contribution in [0.15, 0.2) is 68.0 Å². The first-order valence-corrected chi connectivity index (χ1v) is 7.65. The van der Waals surface area contributed by atoms with Crippen molar-refractivity contribution in [1.82, 2.24) is 10.2 Å². The Hall–Kier alpha value is -3.00. The van der Waals surface area contributed by atoms with E-state index in [1.807, 2.05) is 24.3 Å². The number of H-pyrrole nitrogens is 2. The molecule has 0 amide bonds. The summed E-state index contributed by atoms with van der Waals surface area (Å²) in [5, 5.41) is 22.2. The van der Waals surface area contributed by atoms with Crippen molar-refractivity contribution in [2.75, 3.05) is 0 Å². The maximum atomic E-state index is 11.9. The molecule has 0 saturated carbocycles. The van der Waals surface area contributed by atoms with Crippen molar-refractivity contribution in [1.29, 1.82) is 0 Å². The number of halogens is 1. The lowest BCUT2D eigenvalue weighted by atomic mass is 10.1. The Morgan fingerprint density at radius 2 is 1.79 bits per heavy atom. The summed E-state index contributed by atoms with van der Waals surface area (Å²) in [6.07, 6.45) is 0. The minimum absolute atomic E-state index is 0.0996. The SMILES string of the molecule is O=C(O)c1cccc(N=Nc2c(-c3ccc(Br)cc3)[nH][nH]c2=O)c1. The standard InChI is InChI=1S/C16H11BrN4O3/c17-11-6-4-9(5-7-11)13-14(15(22)21-19-13)20-18-12-3-1-2-10(8-12)16(23)24/h1-8H,(H,23,24)(H2,19,21,22). The fraction of sp³-hybridized carbons (Fsp3) is 0. The van der Waals surface area contributed by atoms with Crippen LogP contribution in [-0.4, -0.2) is 21.3 Å². The van der Waals surface area contributed by atoms with Crippen LogP contribution >= 0.6 is 15.9 Å². The van der Waals surface area contributed by atoms with Crippen molar-refractivity contribution in [2.45, 2.75) is 0 Å². The number of aromatic amines is 2. The lowest BCUT2D eigenvalue weighted by Crippen LogP contribution is -1.96. The molecule has 0 aliphatic rings. The highest BCUT2D eigenvalue weighted by Gasteiger charge is 2.11. The zero-order chi connectivity index (χ0) is 17.1. The Morgan fingerprint density at radius 3 is 2.50 bits per heavy atom. The van der Waals surface area contributed by atoms with Gasteiger partial charge in [-0.3, -0.25) is 15.0 Å². The number of nitrogens with one attached hydrogen (secondary N) is 2. The van der Waals surface area contributed by atoms with Crippen molar-refractivity contribution >= 4 is 33.3 Å². The fourth-order valence-corrected chi connectivity index (χ4v) is 2.35. The number of aromatic nitrogens is 2. The van der Waals surface area contributed by atoms with Gasteiger partial charge in [-0.25, -0.2) is 4.79 Å². The number of hydrogen-bond acceptors (Lipinski definition) is 4. The fourth-order valence-electron chi connectivity index (χ4n) is 2.08. The smallest absolute Gasteiger partial charge is 0.335 e. The van der Waals surface area contributed by atoms with E-state index < -0.39 is 11.5 Å². The number of benzene rings is 2. The largest absolute Gasteiger partial charge is 0.478 e. The van der Waals surface area contributed by atoms with Crippen molar-refractivity contribution in [3.05, 3.63) is 68.9 Å². The second-order valence-corrected chi connectivity index (χ2v) is 5.78. The second kappa shape index (κ2) is 6.63. The van der Waals surface area contributed by atoms with Crippen LogP contribution in [0.4, 0.5) is 11.4 Å². The van der Waals surface area contributed by atoms with Gasteiger partial charge in [0, 0.05) is 10.0 Å². The Bertz CT molecular complexity index is 973. The van der Waals surface area contributed by atoms with E-state index in [9.17, 15) is 9.59 Å². The van der Waals surface area contributed by atoms with E-state index in [0.717, 1.165) is 10.0 Å². The van der Waals surface area contributed by atoms with Gasteiger partial charge < -0.3 is 5.11 Å². The van der Waals surface area contributed by atoms with Gasteiger partial charge in [-0.2, -0.15) is 5.11 Å². The zero-order valence-electron chi connectivity index (χ0n) is 12.2. The lowest BCUT2D eigenvalue weighted by Gasteiger charge is -1.99. The third-order valence-electron chi connectivity index (χ3n) is 3.24. The van der Waals surface area contributed by atoms with Gasteiger partial charge in [0.15, 0.2) is 5.69 Å². The van der Waals surface area contributed by atoms with Gasteiger partial charge in [-0.15, -0.1) is 5.11 Å². The van der Waals surface area contributed by atoms with Crippen molar-refractivity contribution in [2.24, 2.45) is 10.2 Å². The van der Waals surface area contributed by atoms with Crippen LogP contribution < -0.4 is 5.56 Å². The molecule has 0 fully saturated rings. The number of aromatic carboxylic acids is 1. The summed E-state index contributed by atoms with van der Waals surface area (Å²) in [6, 6.07) is 13.4. The summed E-state index contributed by atoms with van der Waals surface area (Å²) in [6.45, 7) is 0. The average molecular weight is 387 g/mol. The van der Waals surface area contributed by atoms with Crippen molar-refractivity contribution in [3.8, 4) is 11.3 Å². The molecule has 0 atom stereocenters. The van der Waals surface area contributed by atoms with Gasteiger partial charge in [-0.05, 0) is 30.3 Å². The third-order valence-corrected chi connectivity index (χ3v) is 3.77. The van der Waals surface area contributed by atoms with Crippen molar-refractivity contribution < 1.29 is 9.90 Å². The Morgan fingerprint density at radius 1 is 1.04 bits per heavy atom. The molecule has 0 unspecified atom stereocenters. The van der Waals surface area contributed by atoms with E-state index in [4.69, 9.17) is 5.11 Å². The molecule has 1 heterocycles. The number of rotatable bonds is 4. The van der Waals surface area contributed by atoms with E-state index in [-0.39, 0.29) is 11.3 Å². The molecule has 0 aliphatic carbocycles.